The first-order valence-corrected chi connectivity index (χ1v) is 16.5. The van der Waals surface area contributed by atoms with Crippen molar-refractivity contribution in [1.29, 1.82) is 0 Å². The molecule has 0 aromatic heterocycles. The Labute approximate surface area is 210 Å². The quantitative estimate of drug-likeness (QED) is 0.225. The maximum atomic E-state index is 13.1. The molecule has 1 amide bonds. The van der Waals surface area contributed by atoms with Gasteiger partial charge in [0, 0.05) is 43.1 Å². The molecule has 0 radical (unpaired) electrons. The van der Waals surface area contributed by atoms with E-state index in [0.717, 1.165) is 4.43 Å². The first-order chi connectivity index (χ1) is 15.6. The average Bonchev–Trinajstić information content (AvgIpc) is 2.73. The lowest BCUT2D eigenvalue weighted by Crippen LogP contribution is -2.44. The van der Waals surface area contributed by atoms with Crippen molar-refractivity contribution in [2.24, 2.45) is 5.41 Å². The molecular formula is C21H17Cl2IN2O5S2. The molecule has 0 spiro atoms. The highest BCUT2D eigenvalue weighted by Crippen LogP contribution is 2.35. The number of hydrogen-bond acceptors (Lipinski definition) is 5. The Morgan fingerprint density at radius 1 is 0.909 bits per heavy atom. The minimum atomic E-state index is -4.06. The van der Waals surface area contributed by atoms with Crippen LogP contribution < -0.4 is 10.0 Å². The van der Waals surface area contributed by atoms with E-state index in [-0.39, 0.29) is 58.8 Å². The molecular weight excluding hydrogens is 622 g/mol. The van der Waals surface area contributed by atoms with Gasteiger partial charge in [0.15, 0.2) is 0 Å². The molecule has 4 rings (SSSR count). The Morgan fingerprint density at radius 3 is 1.97 bits per heavy atom. The van der Waals surface area contributed by atoms with Crippen LogP contribution in [0, 0.1) is 5.41 Å². The number of hydrogen-bond donors (Lipinski definition) is 2. The second-order valence-electron chi connectivity index (χ2n) is 7.37. The van der Waals surface area contributed by atoms with Crippen LogP contribution in [-0.2, 0) is 23.9 Å². The molecule has 1 aliphatic rings. The molecule has 1 unspecified atom stereocenters. The van der Waals surface area contributed by atoms with Gasteiger partial charge in [-0.15, -0.1) is 32.3 Å². The third-order valence-electron chi connectivity index (χ3n) is 5.08. The van der Waals surface area contributed by atoms with E-state index >= 15 is 0 Å². The van der Waals surface area contributed by atoms with E-state index in [9.17, 15) is 21.6 Å². The van der Waals surface area contributed by atoms with Crippen molar-refractivity contribution in [2.75, 3.05) is 20.3 Å². The van der Waals surface area contributed by atoms with Crippen molar-refractivity contribution in [3.8, 4) is 0 Å². The van der Waals surface area contributed by atoms with Crippen LogP contribution in [0.4, 0.5) is 11.4 Å². The van der Waals surface area contributed by atoms with Gasteiger partial charge in [-0.3, -0.25) is 9.52 Å². The van der Waals surface area contributed by atoms with Gasteiger partial charge in [-0.05, 0) is 40.4 Å². The number of carbonyl (C=O) groups excluding carboxylic acids is 1. The molecule has 1 heterocycles. The summed E-state index contributed by atoms with van der Waals surface area (Å²) < 4.78 is 55.2. The molecule has 7 nitrogen and oxygen atoms in total. The summed E-state index contributed by atoms with van der Waals surface area (Å²) in [6, 6.07) is 14.8. The zero-order valence-electron chi connectivity index (χ0n) is 16.8. The van der Waals surface area contributed by atoms with Crippen LogP contribution in [0.15, 0.2) is 70.5 Å². The number of benzene rings is 3. The van der Waals surface area contributed by atoms with E-state index in [1.807, 2.05) is 4.01 Å². The Morgan fingerprint density at radius 2 is 1.45 bits per heavy atom. The number of amides is 1. The zero-order chi connectivity index (χ0) is 23.9. The molecule has 0 bridgehead atoms. The van der Waals surface area contributed by atoms with Gasteiger partial charge in [-0.2, -0.15) is 0 Å². The van der Waals surface area contributed by atoms with Gasteiger partial charge >= 0.3 is 0 Å². The fraction of sp³-hybridized carbons (Fsp3) is 0.143. The van der Waals surface area contributed by atoms with E-state index in [1.165, 1.54) is 48.5 Å². The third kappa shape index (κ3) is 4.90. The van der Waals surface area contributed by atoms with Crippen LogP contribution in [0.25, 0.3) is 10.8 Å². The molecule has 0 fully saturated rings. The second-order valence-corrected chi connectivity index (χ2v) is 14.1. The van der Waals surface area contributed by atoms with Gasteiger partial charge in [0.1, 0.15) is 0 Å². The molecule has 0 aliphatic carbocycles. The van der Waals surface area contributed by atoms with E-state index in [1.54, 1.807) is 12.1 Å². The average molecular weight is 639 g/mol. The van der Waals surface area contributed by atoms with Gasteiger partial charge < -0.3 is 5.32 Å². The Kier molecular flexibility index (Phi) is 6.76. The highest BCUT2D eigenvalue weighted by Gasteiger charge is 2.39. The van der Waals surface area contributed by atoms with Crippen molar-refractivity contribution >= 4 is 94.2 Å². The summed E-state index contributed by atoms with van der Waals surface area (Å²) in [5.74, 6) is 0.0615. The summed E-state index contributed by atoms with van der Waals surface area (Å²) in [5.41, 5.74) is 0.186. The van der Waals surface area contributed by atoms with Gasteiger partial charge in [0.05, 0.1) is 15.2 Å². The number of rotatable bonds is 7. The molecule has 0 saturated carbocycles. The SMILES string of the molecule is O=C(Nc1ccc(NS(=O)(=O)c2cccc3c(S(=O)(=O)Cl)cccc23)cc1)C1(CCl)C=IC1. The topological polar surface area (TPSA) is 109 Å². The van der Waals surface area contributed by atoms with Crippen LogP contribution in [0.2, 0.25) is 0 Å². The number of anilines is 2. The zero-order valence-corrected chi connectivity index (χ0v) is 22.1. The maximum absolute atomic E-state index is 13.1. The molecule has 174 valence electrons. The fourth-order valence-electron chi connectivity index (χ4n) is 3.29. The Hall–Kier alpha value is -1.73. The number of nitrogens with one attached hydrogen (secondary N) is 2. The first kappa shape index (κ1) is 24.4. The number of fused-ring (bicyclic) bond motifs is 1. The minimum Gasteiger partial charge on any atom is -0.325 e. The monoisotopic (exact) mass is 638 g/mol. The fourth-order valence-corrected chi connectivity index (χ4v) is 9.15. The summed E-state index contributed by atoms with van der Waals surface area (Å²) in [6.45, 7) is 0. The highest BCUT2D eigenvalue weighted by molar-refractivity contribution is 14.2. The summed E-state index contributed by atoms with van der Waals surface area (Å²) >= 11 is 5.89. The summed E-state index contributed by atoms with van der Waals surface area (Å²) in [6.07, 6.45) is 0. The lowest BCUT2D eigenvalue weighted by atomic mass is 9.95. The Bertz CT molecular complexity index is 1490. The Balaban J connectivity index is 1.59. The van der Waals surface area contributed by atoms with E-state index in [2.05, 4.69) is 10.0 Å². The molecule has 2 N–H and O–H groups in total. The number of sulfonamides is 1. The lowest BCUT2D eigenvalue weighted by molar-refractivity contribution is -0.120. The van der Waals surface area contributed by atoms with Crippen LogP contribution >= 0.6 is 43.0 Å². The number of alkyl halides is 2. The normalized spacial score (nSPS) is 18.2. The molecule has 33 heavy (non-hydrogen) atoms. The molecule has 1 atom stereocenters. The lowest BCUT2D eigenvalue weighted by Gasteiger charge is -2.31. The summed E-state index contributed by atoms with van der Waals surface area (Å²) in [7, 11) is -2.61. The van der Waals surface area contributed by atoms with Crippen LogP contribution in [-0.4, -0.2) is 37.1 Å². The van der Waals surface area contributed by atoms with E-state index in [0.29, 0.717) is 5.69 Å². The first-order valence-electron chi connectivity index (χ1n) is 9.45. The number of halogens is 3. The van der Waals surface area contributed by atoms with Crippen molar-refractivity contribution in [3.05, 3.63) is 60.7 Å². The standard InChI is InChI=1S/C21H17Cl2IN2O5S2/c22-11-21(12-24-13-21)20(27)25-14-7-9-15(10-8-14)26-33(30,31)19-6-2-3-16-17(19)4-1-5-18(16)32(23,28)29/h1-10,12,26H,11,13H2,(H,25,27). The van der Waals surface area contributed by atoms with Gasteiger partial charge in [0.25, 0.3) is 19.1 Å². The van der Waals surface area contributed by atoms with E-state index in [4.69, 9.17) is 22.3 Å². The van der Waals surface area contributed by atoms with Crippen molar-refractivity contribution in [3.63, 3.8) is 0 Å². The summed E-state index contributed by atoms with van der Waals surface area (Å²) in [4.78, 5) is 12.2. The molecule has 3 aromatic rings. The molecule has 0 saturated heterocycles. The van der Waals surface area contributed by atoms with E-state index < -0.39 is 24.5 Å². The predicted molar refractivity (Wildman–Crippen MR) is 141 cm³/mol. The molecule has 12 heteroatoms. The van der Waals surface area contributed by atoms with Gasteiger partial charge in [0.2, 0.25) is 5.91 Å². The van der Waals surface area contributed by atoms with Crippen LogP contribution in [0.3, 0.4) is 0 Å². The summed E-state index contributed by atoms with van der Waals surface area (Å²) in [5, 5.41) is 3.25. The van der Waals surface area contributed by atoms with Crippen LogP contribution in [0.5, 0.6) is 0 Å². The molecule has 3 aromatic carbocycles. The third-order valence-corrected chi connectivity index (χ3v) is 11.8. The highest BCUT2D eigenvalue weighted by atomic mass is 127. The largest absolute Gasteiger partial charge is 0.325 e. The van der Waals surface area contributed by atoms with Crippen molar-refractivity contribution in [2.45, 2.75) is 9.79 Å². The van der Waals surface area contributed by atoms with Gasteiger partial charge in [-0.1, -0.05) is 24.3 Å². The predicted octanol–water partition coefficient (Wildman–Crippen LogP) is 4.52. The maximum Gasteiger partial charge on any atom is 0.262 e. The smallest absolute Gasteiger partial charge is 0.262 e. The van der Waals surface area contributed by atoms with Crippen molar-refractivity contribution < 1.29 is 21.6 Å². The van der Waals surface area contributed by atoms with Crippen molar-refractivity contribution in [1.82, 2.24) is 0 Å². The molecule has 1 aliphatic heterocycles. The minimum absolute atomic E-state index is 0.0685. The van der Waals surface area contributed by atoms with Crippen LogP contribution in [0.1, 0.15) is 0 Å². The number of carbonyl (C=O) groups is 1. The second kappa shape index (κ2) is 9.14. The van der Waals surface area contributed by atoms with Gasteiger partial charge in [-0.25, -0.2) is 16.8 Å².